The summed E-state index contributed by atoms with van der Waals surface area (Å²) >= 11 is 12.0. The Morgan fingerprint density at radius 1 is 0.963 bits per heavy atom. The van der Waals surface area contributed by atoms with Gasteiger partial charge in [-0.3, -0.25) is 4.79 Å². The van der Waals surface area contributed by atoms with Gasteiger partial charge in [-0.2, -0.15) is 4.31 Å². The lowest BCUT2D eigenvalue weighted by Crippen LogP contribution is -2.50. The lowest BCUT2D eigenvalue weighted by atomic mass is 10.2. The number of amides is 1. The van der Waals surface area contributed by atoms with E-state index in [4.69, 9.17) is 23.2 Å². The van der Waals surface area contributed by atoms with Crippen LogP contribution in [0.2, 0.25) is 10.0 Å². The molecule has 144 valence electrons. The van der Waals surface area contributed by atoms with Crippen LogP contribution in [0.3, 0.4) is 0 Å². The monoisotopic (exact) mass is 434 g/mol. The molecule has 3 rings (SSSR count). The molecule has 1 fully saturated rings. The summed E-state index contributed by atoms with van der Waals surface area (Å²) in [6.45, 7) is 0.297. The molecule has 0 spiro atoms. The number of nitrogens with zero attached hydrogens (tertiary/aromatic N) is 2. The summed E-state index contributed by atoms with van der Waals surface area (Å²) < 4.78 is 52.7. The number of benzene rings is 2. The third kappa shape index (κ3) is 3.94. The molecule has 1 aliphatic rings. The van der Waals surface area contributed by atoms with Crippen LogP contribution in [0, 0.1) is 11.6 Å². The van der Waals surface area contributed by atoms with Crippen molar-refractivity contribution in [1.29, 1.82) is 0 Å². The fraction of sp³-hybridized carbons (Fsp3) is 0.235. The fourth-order valence-electron chi connectivity index (χ4n) is 2.76. The van der Waals surface area contributed by atoms with Crippen LogP contribution in [0.25, 0.3) is 0 Å². The molecule has 1 saturated heterocycles. The van der Waals surface area contributed by atoms with E-state index in [9.17, 15) is 22.0 Å². The normalized spacial score (nSPS) is 15.8. The molecule has 5 nitrogen and oxygen atoms in total. The number of hydrogen-bond acceptors (Lipinski definition) is 3. The molecule has 0 bridgehead atoms. The molecule has 0 aliphatic carbocycles. The van der Waals surface area contributed by atoms with E-state index in [0.29, 0.717) is 6.07 Å². The number of rotatable bonds is 3. The zero-order valence-electron chi connectivity index (χ0n) is 13.8. The maximum absolute atomic E-state index is 13.4. The van der Waals surface area contributed by atoms with Crippen LogP contribution >= 0.6 is 23.2 Å². The Kier molecular flexibility index (Phi) is 5.71. The van der Waals surface area contributed by atoms with E-state index in [-0.39, 0.29) is 52.6 Å². The molecule has 2 aromatic carbocycles. The number of hydrogen-bond donors (Lipinski definition) is 0. The predicted molar refractivity (Wildman–Crippen MR) is 97.5 cm³/mol. The Bertz CT molecular complexity index is 994. The minimum absolute atomic E-state index is 0.0191. The summed E-state index contributed by atoms with van der Waals surface area (Å²) in [7, 11) is -3.99. The molecule has 1 heterocycles. The van der Waals surface area contributed by atoms with Crippen LogP contribution in [0.1, 0.15) is 10.4 Å². The lowest BCUT2D eigenvalue weighted by Gasteiger charge is -2.34. The van der Waals surface area contributed by atoms with Crippen molar-refractivity contribution in [1.82, 2.24) is 9.21 Å². The average molecular weight is 435 g/mol. The first-order valence-electron chi connectivity index (χ1n) is 7.90. The van der Waals surface area contributed by atoms with Crippen molar-refractivity contribution in [3.63, 3.8) is 0 Å². The second-order valence-electron chi connectivity index (χ2n) is 5.87. The molecule has 1 aliphatic heterocycles. The summed E-state index contributed by atoms with van der Waals surface area (Å²) in [5.41, 5.74) is 0.237. The van der Waals surface area contributed by atoms with Crippen LogP contribution in [0.5, 0.6) is 0 Å². The van der Waals surface area contributed by atoms with Gasteiger partial charge in [0.25, 0.3) is 5.91 Å². The molecule has 2 aromatic rings. The van der Waals surface area contributed by atoms with Gasteiger partial charge in [0, 0.05) is 26.2 Å². The van der Waals surface area contributed by atoms with E-state index in [1.807, 2.05) is 0 Å². The predicted octanol–water partition coefficient (Wildman–Crippen LogP) is 3.42. The van der Waals surface area contributed by atoms with Gasteiger partial charge in [-0.15, -0.1) is 0 Å². The summed E-state index contributed by atoms with van der Waals surface area (Å²) in [5.74, 6) is -2.71. The van der Waals surface area contributed by atoms with Gasteiger partial charge in [-0.05, 0) is 30.3 Å². The Morgan fingerprint density at radius 3 is 2.26 bits per heavy atom. The van der Waals surface area contributed by atoms with Gasteiger partial charge in [0.1, 0.15) is 0 Å². The van der Waals surface area contributed by atoms with E-state index in [1.54, 1.807) is 18.2 Å². The lowest BCUT2D eigenvalue weighted by molar-refractivity contribution is 0.0698. The highest BCUT2D eigenvalue weighted by atomic mass is 35.5. The molecular formula is C17H14Cl2F2N2O3S. The Labute approximate surface area is 165 Å². The minimum Gasteiger partial charge on any atom is -0.336 e. The van der Waals surface area contributed by atoms with E-state index >= 15 is 0 Å². The Morgan fingerprint density at radius 2 is 1.63 bits per heavy atom. The highest BCUT2D eigenvalue weighted by Crippen LogP contribution is 2.27. The molecule has 0 atom stereocenters. The highest BCUT2D eigenvalue weighted by Gasteiger charge is 2.31. The molecule has 10 heteroatoms. The second kappa shape index (κ2) is 7.71. The SMILES string of the molecule is O=C(c1cccc(Cl)c1Cl)N1CCN(S(=O)(=O)c2ccc(F)c(F)c2)CC1. The average Bonchev–Trinajstić information content (AvgIpc) is 2.65. The van der Waals surface area contributed by atoms with Crippen molar-refractivity contribution in [3.8, 4) is 0 Å². The van der Waals surface area contributed by atoms with Gasteiger partial charge in [0.05, 0.1) is 20.5 Å². The van der Waals surface area contributed by atoms with Gasteiger partial charge in [-0.25, -0.2) is 17.2 Å². The number of carbonyl (C=O) groups excluding carboxylic acids is 1. The van der Waals surface area contributed by atoms with Crippen molar-refractivity contribution in [2.75, 3.05) is 26.2 Å². The number of piperazine rings is 1. The van der Waals surface area contributed by atoms with Gasteiger partial charge in [0.15, 0.2) is 11.6 Å². The third-order valence-corrected chi connectivity index (χ3v) is 6.95. The smallest absolute Gasteiger partial charge is 0.255 e. The zero-order chi connectivity index (χ0) is 19.8. The summed E-state index contributed by atoms with van der Waals surface area (Å²) in [4.78, 5) is 13.7. The molecular weight excluding hydrogens is 421 g/mol. The Balaban J connectivity index is 1.74. The van der Waals surface area contributed by atoms with Crippen molar-refractivity contribution in [2.24, 2.45) is 0 Å². The Hall–Kier alpha value is -1.74. The van der Waals surface area contributed by atoms with Crippen molar-refractivity contribution >= 4 is 39.1 Å². The molecule has 0 N–H and O–H groups in total. The van der Waals surface area contributed by atoms with Crippen molar-refractivity contribution in [2.45, 2.75) is 4.90 Å². The van der Waals surface area contributed by atoms with Crippen LogP contribution < -0.4 is 0 Å². The summed E-state index contributed by atoms with van der Waals surface area (Å²) in [6, 6.07) is 7.13. The van der Waals surface area contributed by atoms with Crippen LogP contribution in [0.4, 0.5) is 8.78 Å². The minimum atomic E-state index is -3.99. The largest absolute Gasteiger partial charge is 0.336 e. The van der Waals surface area contributed by atoms with E-state index < -0.39 is 21.7 Å². The van der Waals surface area contributed by atoms with Gasteiger partial charge >= 0.3 is 0 Å². The zero-order valence-corrected chi connectivity index (χ0v) is 16.2. The van der Waals surface area contributed by atoms with Gasteiger partial charge < -0.3 is 4.90 Å². The summed E-state index contributed by atoms with van der Waals surface area (Å²) in [5, 5.41) is 0.392. The maximum Gasteiger partial charge on any atom is 0.255 e. The fourth-order valence-corrected chi connectivity index (χ4v) is 4.57. The van der Waals surface area contributed by atoms with Crippen LogP contribution in [0.15, 0.2) is 41.3 Å². The first kappa shape index (κ1) is 20.0. The van der Waals surface area contributed by atoms with E-state index in [2.05, 4.69) is 0 Å². The molecule has 0 radical (unpaired) electrons. The highest BCUT2D eigenvalue weighted by molar-refractivity contribution is 7.89. The van der Waals surface area contributed by atoms with Crippen LogP contribution in [-0.4, -0.2) is 49.7 Å². The summed E-state index contributed by atoms with van der Waals surface area (Å²) in [6.07, 6.45) is 0. The van der Waals surface area contributed by atoms with Crippen molar-refractivity contribution in [3.05, 3.63) is 63.6 Å². The molecule has 27 heavy (non-hydrogen) atoms. The van der Waals surface area contributed by atoms with Gasteiger partial charge in [0.2, 0.25) is 10.0 Å². The van der Waals surface area contributed by atoms with Gasteiger partial charge in [-0.1, -0.05) is 29.3 Å². The first-order valence-corrected chi connectivity index (χ1v) is 10.1. The standard InChI is InChI=1S/C17H14Cl2F2N2O3S/c18-13-3-1-2-12(16(13)19)17(24)22-6-8-23(9-7-22)27(25,26)11-4-5-14(20)15(21)10-11/h1-5,10H,6-9H2. The van der Waals surface area contributed by atoms with Crippen molar-refractivity contribution < 1.29 is 22.0 Å². The van der Waals surface area contributed by atoms with E-state index in [1.165, 1.54) is 4.90 Å². The number of sulfonamides is 1. The van der Waals surface area contributed by atoms with Crippen LogP contribution in [-0.2, 0) is 10.0 Å². The second-order valence-corrected chi connectivity index (χ2v) is 8.60. The number of halogens is 4. The number of carbonyl (C=O) groups is 1. The van der Waals surface area contributed by atoms with E-state index in [0.717, 1.165) is 16.4 Å². The molecule has 0 saturated carbocycles. The third-order valence-electron chi connectivity index (χ3n) is 4.24. The first-order chi connectivity index (χ1) is 12.7. The maximum atomic E-state index is 13.4. The quantitative estimate of drug-likeness (QED) is 0.743. The molecule has 1 amide bonds. The molecule has 0 unspecified atom stereocenters. The topological polar surface area (TPSA) is 57.7 Å². The molecule has 0 aromatic heterocycles.